The van der Waals surface area contributed by atoms with Crippen LogP contribution in [0.5, 0.6) is 0 Å². The summed E-state index contributed by atoms with van der Waals surface area (Å²) >= 11 is 0. The third kappa shape index (κ3) is 1.31. The molecule has 1 atom stereocenters. The number of rotatable bonds is 0. The molecule has 0 radical (unpaired) electrons. The van der Waals surface area contributed by atoms with Crippen LogP contribution >= 0.6 is 0 Å². The number of nitrogens with two attached hydrogens (primary N) is 1. The molecule has 1 unspecified atom stereocenters. The van der Waals surface area contributed by atoms with E-state index in [0.717, 1.165) is 0 Å². The Hall–Kier alpha value is -0.940. The van der Waals surface area contributed by atoms with E-state index in [-0.39, 0.29) is 12.3 Å². The van der Waals surface area contributed by atoms with Gasteiger partial charge in [-0.25, -0.2) is 0 Å². The third-order valence-corrected chi connectivity index (χ3v) is 1.06. The summed E-state index contributed by atoms with van der Waals surface area (Å²) in [7, 11) is 0. The van der Waals surface area contributed by atoms with Crippen LogP contribution in [0.1, 0.15) is 6.42 Å². The fourth-order valence-corrected chi connectivity index (χ4v) is 0.571. The second-order valence-electron chi connectivity index (χ2n) is 1.92. The first-order chi connectivity index (χ1) is 4.50. The molecule has 0 bridgehead atoms. The number of nitrogens with zero attached hydrogens (tertiary/aromatic N) is 1. The highest BCUT2D eigenvalue weighted by Gasteiger charge is 2.45. The Labute approximate surface area is 54.6 Å². The first-order valence-electron chi connectivity index (χ1n) is 2.55. The molecule has 0 aromatic heterocycles. The molecule has 0 saturated carbocycles. The minimum absolute atomic E-state index is 0.109. The normalized spacial score (nSPS) is 25.9. The van der Waals surface area contributed by atoms with Crippen molar-refractivity contribution in [2.24, 2.45) is 10.9 Å². The average molecular weight is 154 g/mol. The van der Waals surface area contributed by atoms with E-state index in [2.05, 4.69) is 9.99 Å². The van der Waals surface area contributed by atoms with Gasteiger partial charge in [0.1, 0.15) is 5.84 Å². The molecule has 6 heteroatoms. The van der Waals surface area contributed by atoms with E-state index in [9.17, 15) is 13.2 Å². The van der Waals surface area contributed by atoms with E-state index >= 15 is 0 Å². The van der Waals surface area contributed by atoms with Crippen LogP contribution in [0, 0.1) is 0 Å². The molecule has 2 N–H and O–H groups in total. The largest absolute Gasteiger partial charge is 0.428 e. The maximum absolute atomic E-state index is 11.7. The summed E-state index contributed by atoms with van der Waals surface area (Å²) in [5, 5.41) is 2.96. The van der Waals surface area contributed by atoms with Crippen LogP contribution in [0.3, 0.4) is 0 Å². The van der Waals surface area contributed by atoms with Crippen LogP contribution in [-0.4, -0.2) is 18.1 Å². The van der Waals surface area contributed by atoms with Crippen molar-refractivity contribution in [3.8, 4) is 0 Å². The number of halogens is 3. The minimum Gasteiger partial charge on any atom is -0.384 e. The first kappa shape index (κ1) is 7.17. The van der Waals surface area contributed by atoms with Crippen LogP contribution in [-0.2, 0) is 4.84 Å². The van der Waals surface area contributed by atoms with Gasteiger partial charge in [-0.3, -0.25) is 0 Å². The maximum atomic E-state index is 11.7. The Morgan fingerprint density at radius 3 is 2.40 bits per heavy atom. The molecular weight excluding hydrogens is 149 g/mol. The lowest BCUT2D eigenvalue weighted by Crippen LogP contribution is -2.29. The van der Waals surface area contributed by atoms with Gasteiger partial charge in [0.05, 0.1) is 6.42 Å². The fraction of sp³-hybridized carbons (Fsp3) is 0.750. The van der Waals surface area contributed by atoms with Crippen molar-refractivity contribution in [3.63, 3.8) is 0 Å². The summed E-state index contributed by atoms with van der Waals surface area (Å²) in [6, 6.07) is 0. The Balaban J connectivity index is 2.50. The molecule has 1 heterocycles. The van der Waals surface area contributed by atoms with E-state index in [0.29, 0.717) is 0 Å². The van der Waals surface area contributed by atoms with Gasteiger partial charge < -0.3 is 10.6 Å². The van der Waals surface area contributed by atoms with Gasteiger partial charge in [-0.05, 0) is 0 Å². The number of oxime groups is 1. The molecule has 1 rings (SSSR count). The van der Waals surface area contributed by atoms with Gasteiger partial charge in [0, 0.05) is 0 Å². The molecule has 0 aromatic carbocycles. The second kappa shape index (κ2) is 2.03. The summed E-state index contributed by atoms with van der Waals surface area (Å²) in [4.78, 5) is 3.97. The third-order valence-electron chi connectivity index (χ3n) is 1.06. The SMILES string of the molecule is NC1=NOC(C(F)(F)F)C1. The van der Waals surface area contributed by atoms with Crippen molar-refractivity contribution in [2.45, 2.75) is 18.7 Å². The van der Waals surface area contributed by atoms with Gasteiger partial charge in [-0.1, -0.05) is 5.16 Å². The zero-order valence-corrected chi connectivity index (χ0v) is 4.85. The quantitative estimate of drug-likeness (QED) is 0.555. The van der Waals surface area contributed by atoms with Crippen LogP contribution in [0.15, 0.2) is 5.16 Å². The first-order valence-corrected chi connectivity index (χ1v) is 2.55. The van der Waals surface area contributed by atoms with E-state index in [4.69, 9.17) is 5.73 Å². The van der Waals surface area contributed by atoms with Crippen molar-refractivity contribution < 1.29 is 18.0 Å². The van der Waals surface area contributed by atoms with Gasteiger partial charge in [0.25, 0.3) is 0 Å². The summed E-state index contributed by atoms with van der Waals surface area (Å²) < 4.78 is 35.0. The number of hydrogen-bond acceptors (Lipinski definition) is 3. The molecule has 0 fully saturated rings. The zero-order chi connectivity index (χ0) is 7.78. The van der Waals surface area contributed by atoms with Crippen molar-refractivity contribution in [3.05, 3.63) is 0 Å². The summed E-state index contributed by atoms with van der Waals surface area (Å²) in [5.41, 5.74) is 4.95. The van der Waals surface area contributed by atoms with Crippen molar-refractivity contribution in [1.29, 1.82) is 0 Å². The fourth-order valence-electron chi connectivity index (χ4n) is 0.571. The molecule has 10 heavy (non-hydrogen) atoms. The lowest BCUT2D eigenvalue weighted by Gasteiger charge is -2.10. The lowest BCUT2D eigenvalue weighted by atomic mass is 10.2. The van der Waals surface area contributed by atoms with Crippen LogP contribution in [0.2, 0.25) is 0 Å². The highest BCUT2D eigenvalue weighted by atomic mass is 19.4. The Kier molecular flexibility index (Phi) is 1.46. The van der Waals surface area contributed by atoms with E-state index < -0.39 is 12.3 Å². The van der Waals surface area contributed by atoms with Crippen LogP contribution in [0.4, 0.5) is 13.2 Å². The number of alkyl halides is 3. The Morgan fingerprint density at radius 2 is 2.20 bits per heavy atom. The van der Waals surface area contributed by atoms with Crippen LogP contribution in [0.25, 0.3) is 0 Å². The summed E-state index contributed by atoms with van der Waals surface area (Å²) in [5.74, 6) is -0.109. The highest BCUT2D eigenvalue weighted by Crippen LogP contribution is 2.27. The molecule has 0 aliphatic carbocycles. The van der Waals surface area contributed by atoms with E-state index in [1.165, 1.54) is 0 Å². The van der Waals surface area contributed by atoms with Crippen molar-refractivity contribution in [1.82, 2.24) is 0 Å². The second-order valence-corrected chi connectivity index (χ2v) is 1.92. The lowest BCUT2D eigenvalue weighted by molar-refractivity contribution is -0.212. The molecule has 0 amide bonds. The predicted octanol–water partition coefficient (Wildman–Crippen LogP) is 0.610. The average Bonchev–Trinajstić information content (AvgIpc) is 2.11. The van der Waals surface area contributed by atoms with Gasteiger partial charge in [-0.2, -0.15) is 13.2 Å². The zero-order valence-electron chi connectivity index (χ0n) is 4.85. The molecule has 0 aromatic rings. The molecule has 3 nitrogen and oxygen atoms in total. The van der Waals surface area contributed by atoms with Gasteiger partial charge in [0.2, 0.25) is 6.10 Å². The van der Waals surface area contributed by atoms with Crippen molar-refractivity contribution >= 4 is 5.84 Å². The summed E-state index contributed by atoms with van der Waals surface area (Å²) in [6.45, 7) is 0. The van der Waals surface area contributed by atoms with Crippen LogP contribution < -0.4 is 5.73 Å². The smallest absolute Gasteiger partial charge is 0.384 e. The van der Waals surface area contributed by atoms with Crippen molar-refractivity contribution in [2.75, 3.05) is 0 Å². The monoisotopic (exact) mass is 154 g/mol. The topological polar surface area (TPSA) is 47.6 Å². The maximum Gasteiger partial charge on any atom is 0.428 e. The predicted molar refractivity (Wildman–Crippen MR) is 27.2 cm³/mol. The molecule has 1 aliphatic rings. The standard InChI is InChI=1S/C4H5F3N2O/c5-4(6,7)2-1-3(8)9-10-2/h2H,1H2,(H2,8,9). The molecule has 0 spiro atoms. The van der Waals surface area contributed by atoms with Gasteiger partial charge in [-0.15, -0.1) is 0 Å². The van der Waals surface area contributed by atoms with E-state index in [1.807, 2.05) is 0 Å². The number of amidine groups is 1. The Bertz CT molecular complexity index is 164. The van der Waals surface area contributed by atoms with E-state index in [1.54, 1.807) is 0 Å². The molecule has 58 valence electrons. The molecular formula is C4H5F3N2O. The Morgan fingerprint density at radius 1 is 1.60 bits per heavy atom. The van der Waals surface area contributed by atoms with Gasteiger partial charge in [0.15, 0.2) is 0 Å². The number of hydrogen-bond donors (Lipinski definition) is 1. The minimum atomic E-state index is -4.36. The molecule has 0 saturated heterocycles. The highest BCUT2D eigenvalue weighted by molar-refractivity contribution is 5.81. The summed E-state index contributed by atoms with van der Waals surface area (Å²) in [6.07, 6.45) is -6.55. The molecule has 1 aliphatic heterocycles. The van der Waals surface area contributed by atoms with Gasteiger partial charge >= 0.3 is 6.18 Å².